The van der Waals surface area contributed by atoms with Crippen molar-refractivity contribution < 1.29 is 19.5 Å². The molecule has 0 bridgehead atoms. The molecule has 4 rings (SSSR count). The van der Waals surface area contributed by atoms with Gasteiger partial charge in [-0.1, -0.05) is 12.1 Å². The van der Waals surface area contributed by atoms with E-state index < -0.39 is 6.04 Å². The maximum atomic E-state index is 12.9. The van der Waals surface area contributed by atoms with Gasteiger partial charge in [-0.25, -0.2) is 0 Å². The van der Waals surface area contributed by atoms with Crippen molar-refractivity contribution in [3.8, 4) is 0 Å². The molecule has 2 saturated heterocycles. The van der Waals surface area contributed by atoms with Crippen LogP contribution in [-0.4, -0.2) is 59.5 Å². The zero-order valence-corrected chi connectivity index (χ0v) is 15.7. The van der Waals surface area contributed by atoms with Crippen molar-refractivity contribution in [1.82, 2.24) is 20.9 Å². The first-order valence-electron chi connectivity index (χ1n) is 9.88. The SMILES string of the molecule is O=C1CCC(N2Cc3ccc(CNC4CNCCC4CO)cc3C2=O)C(=O)N1. The molecule has 3 heterocycles. The molecule has 1 aromatic carbocycles. The van der Waals surface area contributed by atoms with Crippen LogP contribution in [0.1, 0.15) is 40.7 Å². The van der Waals surface area contributed by atoms with Gasteiger partial charge in [0.05, 0.1) is 0 Å². The van der Waals surface area contributed by atoms with Crippen molar-refractivity contribution in [2.45, 2.75) is 44.4 Å². The molecule has 0 spiro atoms. The molecule has 1 aromatic rings. The van der Waals surface area contributed by atoms with Gasteiger partial charge in [0.25, 0.3) is 5.91 Å². The highest BCUT2D eigenvalue weighted by atomic mass is 16.3. The van der Waals surface area contributed by atoms with E-state index in [0.29, 0.717) is 25.1 Å². The maximum Gasteiger partial charge on any atom is 0.255 e. The number of amides is 3. The normalized spacial score (nSPS) is 27.7. The Morgan fingerprint density at radius 1 is 1.21 bits per heavy atom. The van der Waals surface area contributed by atoms with Gasteiger partial charge in [0, 0.05) is 44.3 Å². The highest BCUT2D eigenvalue weighted by molar-refractivity contribution is 6.05. The molecule has 3 aliphatic rings. The number of piperidine rings is 2. The molecule has 3 aliphatic heterocycles. The smallest absolute Gasteiger partial charge is 0.255 e. The molecule has 0 aromatic heterocycles. The van der Waals surface area contributed by atoms with Crippen LogP contribution in [0.15, 0.2) is 18.2 Å². The molecule has 0 aliphatic carbocycles. The van der Waals surface area contributed by atoms with Crippen LogP contribution < -0.4 is 16.0 Å². The van der Waals surface area contributed by atoms with Gasteiger partial charge in [0.1, 0.15) is 6.04 Å². The third kappa shape index (κ3) is 3.67. The number of imide groups is 1. The Hall–Kier alpha value is -2.29. The molecule has 8 heteroatoms. The summed E-state index contributed by atoms with van der Waals surface area (Å²) in [6.45, 7) is 2.92. The predicted molar refractivity (Wildman–Crippen MR) is 101 cm³/mol. The highest BCUT2D eigenvalue weighted by Gasteiger charge is 2.39. The van der Waals surface area contributed by atoms with Crippen LogP contribution in [0.2, 0.25) is 0 Å². The average molecular weight is 386 g/mol. The Bertz CT molecular complexity index is 796. The minimum Gasteiger partial charge on any atom is -0.396 e. The lowest BCUT2D eigenvalue weighted by Crippen LogP contribution is -2.52. The number of carbonyl (C=O) groups excluding carboxylic acids is 3. The van der Waals surface area contributed by atoms with Crippen LogP contribution in [0.3, 0.4) is 0 Å². The summed E-state index contributed by atoms with van der Waals surface area (Å²) in [5, 5.41) is 18.7. The number of fused-ring (bicyclic) bond motifs is 1. The van der Waals surface area contributed by atoms with Crippen molar-refractivity contribution in [1.29, 1.82) is 0 Å². The molecule has 150 valence electrons. The van der Waals surface area contributed by atoms with Gasteiger partial charge in [-0.3, -0.25) is 19.7 Å². The number of hydrogen-bond acceptors (Lipinski definition) is 6. The maximum absolute atomic E-state index is 12.9. The van der Waals surface area contributed by atoms with E-state index in [9.17, 15) is 19.5 Å². The molecule has 3 unspecified atom stereocenters. The molecule has 0 saturated carbocycles. The molecular weight excluding hydrogens is 360 g/mol. The molecule has 0 radical (unpaired) electrons. The van der Waals surface area contributed by atoms with Crippen LogP contribution in [0.25, 0.3) is 0 Å². The van der Waals surface area contributed by atoms with E-state index in [2.05, 4.69) is 16.0 Å². The summed E-state index contributed by atoms with van der Waals surface area (Å²) in [4.78, 5) is 37.9. The van der Waals surface area contributed by atoms with Gasteiger partial charge in [0.2, 0.25) is 11.8 Å². The van der Waals surface area contributed by atoms with Crippen molar-refractivity contribution >= 4 is 17.7 Å². The second kappa shape index (κ2) is 7.98. The number of hydrogen-bond donors (Lipinski definition) is 4. The van der Waals surface area contributed by atoms with Crippen LogP contribution in [0.5, 0.6) is 0 Å². The van der Waals surface area contributed by atoms with E-state index >= 15 is 0 Å². The Morgan fingerprint density at radius 3 is 2.86 bits per heavy atom. The molecule has 28 heavy (non-hydrogen) atoms. The fraction of sp³-hybridized carbons (Fsp3) is 0.550. The van der Waals surface area contributed by atoms with E-state index in [1.54, 1.807) is 4.90 Å². The van der Waals surface area contributed by atoms with Gasteiger partial charge >= 0.3 is 0 Å². The van der Waals surface area contributed by atoms with Crippen molar-refractivity contribution in [3.63, 3.8) is 0 Å². The number of rotatable bonds is 5. The Morgan fingerprint density at radius 2 is 2.07 bits per heavy atom. The summed E-state index contributed by atoms with van der Waals surface area (Å²) in [5.41, 5.74) is 2.54. The summed E-state index contributed by atoms with van der Waals surface area (Å²) < 4.78 is 0. The summed E-state index contributed by atoms with van der Waals surface area (Å²) >= 11 is 0. The lowest BCUT2D eigenvalue weighted by Gasteiger charge is -2.31. The number of aliphatic hydroxyl groups excluding tert-OH is 1. The summed E-state index contributed by atoms with van der Waals surface area (Å²) in [6.07, 6.45) is 1.57. The van der Waals surface area contributed by atoms with E-state index in [0.717, 1.165) is 30.6 Å². The van der Waals surface area contributed by atoms with Crippen LogP contribution in [0, 0.1) is 5.92 Å². The summed E-state index contributed by atoms with van der Waals surface area (Å²) in [7, 11) is 0. The highest BCUT2D eigenvalue weighted by Crippen LogP contribution is 2.28. The third-order valence-corrected chi connectivity index (χ3v) is 6.02. The zero-order valence-electron chi connectivity index (χ0n) is 15.7. The topological polar surface area (TPSA) is 111 Å². The first kappa shape index (κ1) is 19.0. The zero-order chi connectivity index (χ0) is 19.7. The van der Waals surface area contributed by atoms with Gasteiger partial charge in [-0.05, 0) is 42.5 Å². The van der Waals surface area contributed by atoms with Crippen molar-refractivity contribution in [2.24, 2.45) is 5.92 Å². The van der Waals surface area contributed by atoms with E-state index in [1.807, 2.05) is 18.2 Å². The molecule has 3 atom stereocenters. The molecule has 8 nitrogen and oxygen atoms in total. The van der Waals surface area contributed by atoms with Gasteiger partial charge in [0.15, 0.2) is 0 Å². The van der Waals surface area contributed by atoms with Crippen LogP contribution in [0.4, 0.5) is 0 Å². The minimum absolute atomic E-state index is 0.154. The van der Waals surface area contributed by atoms with Crippen LogP contribution >= 0.6 is 0 Å². The monoisotopic (exact) mass is 386 g/mol. The van der Waals surface area contributed by atoms with Gasteiger partial charge in [-0.15, -0.1) is 0 Å². The predicted octanol–water partition coefficient (Wildman–Crippen LogP) is -0.492. The second-order valence-electron chi connectivity index (χ2n) is 7.81. The van der Waals surface area contributed by atoms with E-state index in [-0.39, 0.29) is 42.7 Å². The number of carbonyl (C=O) groups is 3. The Balaban J connectivity index is 1.43. The standard InChI is InChI=1S/C20H26N4O4/c25-11-14-5-6-21-9-16(14)22-8-12-1-2-13-10-24(20(28)15(13)7-12)17-3-4-18(26)23-19(17)27/h1-2,7,14,16-17,21-22,25H,3-6,8-11H2,(H,23,26,27). The molecule has 3 amide bonds. The van der Waals surface area contributed by atoms with Gasteiger partial charge in [-0.2, -0.15) is 0 Å². The van der Waals surface area contributed by atoms with Gasteiger partial charge < -0.3 is 20.6 Å². The largest absolute Gasteiger partial charge is 0.396 e. The first-order chi connectivity index (χ1) is 13.6. The summed E-state index contributed by atoms with van der Waals surface area (Å²) in [6, 6.07) is 5.44. The minimum atomic E-state index is -0.585. The first-order valence-corrected chi connectivity index (χ1v) is 9.88. The molecule has 2 fully saturated rings. The van der Waals surface area contributed by atoms with Crippen molar-refractivity contribution in [3.05, 3.63) is 34.9 Å². The quantitative estimate of drug-likeness (QED) is 0.508. The number of nitrogens with zero attached hydrogens (tertiary/aromatic N) is 1. The average Bonchev–Trinajstić information content (AvgIpc) is 3.02. The summed E-state index contributed by atoms with van der Waals surface area (Å²) in [5.74, 6) is -0.587. The Labute approximate surface area is 163 Å². The molecular formula is C20H26N4O4. The van der Waals surface area contributed by atoms with E-state index in [1.165, 1.54) is 0 Å². The number of nitrogens with one attached hydrogen (secondary N) is 3. The third-order valence-electron chi connectivity index (χ3n) is 6.02. The van der Waals surface area contributed by atoms with E-state index in [4.69, 9.17) is 0 Å². The lowest BCUT2D eigenvalue weighted by atomic mass is 9.93. The fourth-order valence-electron chi connectivity index (χ4n) is 4.33. The second-order valence-corrected chi connectivity index (χ2v) is 7.81. The number of aliphatic hydroxyl groups is 1. The van der Waals surface area contributed by atoms with Crippen LogP contribution in [-0.2, 0) is 22.7 Å². The molecule has 4 N–H and O–H groups in total. The Kier molecular flexibility index (Phi) is 5.43. The lowest BCUT2D eigenvalue weighted by molar-refractivity contribution is -0.136. The number of benzene rings is 1. The fourth-order valence-corrected chi connectivity index (χ4v) is 4.33. The van der Waals surface area contributed by atoms with Crippen molar-refractivity contribution in [2.75, 3.05) is 19.7 Å².